The lowest BCUT2D eigenvalue weighted by molar-refractivity contribution is 0.662. The molecule has 0 amide bonds. The molecule has 0 spiro atoms. The summed E-state index contributed by atoms with van der Waals surface area (Å²) >= 11 is 0. The van der Waals surface area contributed by atoms with Crippen LogP contribution in [0.25, 0.3) is 33.4 Å². The highest BCUT2D eigenvalue weighted by atomic mass is 15.3. The van der Waals surface area contributed by atoms with E-state index in [1.54, 1.807) is 12.4 Å². The maximum atomic E-state index is 4.78. The van der Waals surface area contributed by atoms with E-state index < -0.39 is 0 Å². The zero-order valence-corrected chi connectivity index (χ0v) is 18.8. The van der Waals surface area contributed by atoms with Crippen molar-refractivity contribution in [3.8, 4) is 22.4 Å². The maximum absolute atomic E-state index is 4.78. The highest BCUT2D eigenvalue weighted by Gasteiger charge is 2.14. The van der Waals surface area contributed by atoms with Gasteiger partial charge in [-0.1, -0.05) is 13.8 Å². The molecule has 8 nitrogen and oxygen atoms in total. The van der Waals surface area contributed by atoms with Gasteiger partial charge in [-0.2, -0.15) is 10.2 Å². The number of hydrogen-bond donors (Lipinski definition) is 1. The summed E-state index contributed by atoms with van der Waals surface area (Å²) in [6.45, 7) is 7.10. The summed E-state index contributed by atoms with van der Waals surface area (Å²) in [7, 11) is 0. The number of hydrogen-bond acceptors (Lipinski definition) is 7. The predicted octanol–water partition coefficient (Wildman–Crippen LogP) is 5.23. The molecule has 33 heavy (non-hydrogen) atoms. The molecule has 0 unspecified atom stereocenters. The van der Waals surface area contributed by atoms with Gasteiger partial charge in [-0.3, -0.25) is 14.6 Å². The quantitative estimate of drug-likeness (QED) is 0.389. The van der Waals surface area contributed by atoms with Gasteiger partial charge in [-0.25, -0.2) is 4.98 Å². The van der Waals surface area contributed by atoms with Crippen molar-refractivity contribution in [1.29, 1.82) is 0 Å². The Labute approximate surface area is 191 Å². The van der Waals surface area contributed by atoms with Crippen molar-refractivity contribution in [2.24, 2.45) is 0 Å². The Hall–Kier alpha value is -4.20. The summed E-state index contributed by atoms with van der Waals surface area (Å²) in [4.78, 5) is 13.7. The van der Waals surface area contributed by atoms with Crippen molar-refractivity contribution in [2.75, 3.05) is 5.32 Å². The SMILES string of the molecule is CCn1cc(-c2cnc3ccc(Nc4cc(C(C)C)cnn4)nc3c2)c(-c2cccnc2)n1. The van der Waals surface area contributed by atoms with Crippen LogP contribution in [0.3, 0.4) is 0 Å². The van der Waals surface area contributed by atoms with Crippen molar-refractivity contribution >= 4 is 22.7 Å². The zero-order valence-electron chi connectivity index (χ0n) is 18.8. The van der Waals surface area contributed by atoms with Gasteiger partial charge < -0.3 is 5.32 Å². The summed E-state index contributed by atoms with van der Waals surface area (Å²) in [6, 6.07) is 11.8. The fourth-order valence-electron chi connectivity index (χ4n) is 3.62. The van der Waals surface area contributed by atoms with E-state index in [1.807, 2.05) is 59.7 Å². The van der Waals surface area contributed by atoms with E-state index in [1.165, 1.54) is 0 Å². The second-order valence-corrected chi connectivity index (χ2v) is 8.10. The molecule has 5 rings (SSSR count). The van der Waals surface area contributed by atoms with Crippen LogP contribution in [0.2, 0.25) is 0 Å². The van der Waals surface area contributed by atoms with Crippen LogP contribution in [-0.2, 0) is 6.54 Å². The normalized spacial score (nSPS) is 11.3. The molecule has 0 fully saturated rings. The first-order valence-corrected chi connectivity index (χ1v) is 11.0. The van der Waals surface area contributed by atoms with E-state index >= 15 is 0 Å². The van der Waals surface area contributed by atoms with Gasteiger partial charge >= 0.3 is 0 Å². The van der Waals surface area contributed by atoms with Crippen molar-refractivity contribution in [3.63, 3.8) is 0 Å². The van der Waals surface area contributed by atoms with Crippen LogP contribution < -0.4 is 5.32 Å². The number of nitrogens with one attached hydrogen (secondary N) is 1. The molecular weight excluding hydrogens is 412 g/mol. The second-order valence-electron chi connectivity index (χ2n) is 8.10. The lowest BCUT2D eigenvalue weighted by Gasteiger charge is -2.09. The molecule has 164 valence electrons. The Morgan fingerprint density at radius 3 is 2.67 bits per heavy atom. The van der Waals surface area contributed by atoms with Gasteiger partial charge in [0.1, 0.15) is 11.5 Å². The molecule has 5 heterocycles. The van der Waals surface area contributed by atoms with Crippen LogP contribution in [-0.4, -0.2) is 34.9 Å². The fourth-order valence-corrected chi connectivity index (χ4v) is 3.62. The molecule has 0 aromatic carbocycles. The minimum atomic E-state index is 0.371. The second kappa shape index (κ2) is 8.74. The van der Waals surface area contributed by atoms with Gasteiger partial charge in [-0.05, 0) is 54.8 Å². The molecule has 0 saturated heterocycles. The van der Waals surface area contributed by atoms with Crippen LogP contribution in [0.4, 0.5) is 11.6 Å². The summed E-state index contributed by atoms with van der Waals surface area (Å²) < 4.78 is 1.92. The first-order valence-electron chi connectivity index (χ1n) is 11.0. The fraction of sp³-hybridized carbons (Fsp3) is 0.200. The van der Waals surface area contributed by atoms with E-state index in [2.05, 4.69) is 46.3 Å². The number of aromatic nitrogens is 7. The lowest BCUT2D eigenvalue weighted by Crippen LogP contribution is -2.00. The highest BCUT2D eigenvalue weighted by molar-refractivity contribution is 5.86. The molecule has 8 heteroatoms. The van der Waals surface area contributed by atoms with E-state index in [4.69, 9.17) is 10.1 Å². The molecule has 0 bridgehead atoms. The van der Waals surface area contributed by atoms with Gasteiger partial charge in [0, 0.05) is 48.0 Å². The molecule has 0 aliphatic carbocycles. The van der Waals surface area contributed by atoms with Gasteiger partial charge in [0.15, 0.2) is 5.82 Å². The number of aryl methyl sites for hydroxylation is 1. The Morgan fingerprint density at radius 1 is 0.970 bits per heavy atom. The standard InChI is InChI=1S/C25H24N8/c1-4-33-15-20(25(32-33)17-6-5-9-26-12-17)19-10-22-21(27-13-19)7-8-23(29-22)30-24-11-18(16(2)3)14-28-31-24/h5-16H,4H2,1-3H3,(H,29,30,31). The van der Waals surface area contributed by atoms with Crippen LogP contribution in [0, 0.1) is 0 Å². The smallest absolute Gasteiger partial charge is 0.154 e. The van der Waals surface area contributed by atoms with E-state index in [-0.39, 0.29) is 0 Å². The molecule has 0 aliphatic rings. The van der Waals surface area contributed by atoms with Crippen LogP contribution >= 0.6 is 0 Å². The van der Waals surface area contributed by atoms with Crippen molar-refractivity contribution in [2.45, 2.75) is 33.2 Å². The molecular formula is C25H24N8. The highest BCUT2D eigenvalue weighted by Crippen LogP contribution is 2.32. The number of nitrogens with zero attached hydrogens (tertiary/aromatic N) is 7. The molecule has 5 aromatic rings. The van der Waals surface area contributed by atoms with Gasteiger partial charge in [-0.15, -0.1) is 5.10 Å². The summed E-state index contributed by atoms with van der Waals surface area (Å²) in [5, 5.41) is 16.3. The van der Waals surface area contributed by atoms with Crippen molar-refractivity contribution < 1.29 is 0 Å². The first kappa shape index (κ1) is 20.7. The largest absolute Gasteiger partial charge is 0.323 e. The van der Waals surface area contributed by atoms with E-state index in [0.717, 1.165) is 45.5 Å². The predicted molar refractivity (Wildman–Crippen MR) is 129 cm³/mol. The maximum Gasteiger partial charge on any atom is 0.154 e. The Balaban J connectivity index is 1.53. The molecule has 5 aromatic heterocycles. The van der Waals surface area contributed by atoms with Gasteiger partial charge in [0.25, 0.3) is 0 Å². The minimum absolute atomic E-state index is 0.371. The van der Waals surface area contributed by atoms with Crippen LogP contribution in [0.15, 0.2) is 67.4 Å². The van der Waals surface area contributed by atoms with Crippen LogP contribution in [0.1, 0.15) is 32.3 Å². The summed E-state index contributed by atoms with van der Waals surface area (Å²) in [5.74, 6) is 1.73. The van der Waals surface area contributed by atoms with Gasteiger partial charge in [0.05, 0.1) is 17.2 Å². The van der Waals surface area contributed by atoms with E-state index in [0.29, 0.717) is 17.6 Å². The third-order valence-corrected chi connectivity index (χ3v) is 5.47. The monoisotopic (exact) mass is 436 g/mol. The molecule has 0 radical (unpaired) electrons. The third-order valence-electron chi connectivity index (χ3n) is 5.47. The van der Waals surface area contributed by atoms with Crippen molar-refractivity contribution in [1.82, 2.24) is 34.9 Å². The number of fused-ring (bicyclic) bond motifs is 1. The third kappa shape index (κ3) is 4.27. The Morgan fingerprint density at radius 2 is 1.88 bits per heavy atom. The molecule has 1 N–H and O–H groups in total. The van der Waals surface area contributed by atoms with Crippen LogP contribution in [0.5, 0.6) is 0 Å². The molecule has 0 atom stereocenters. The minimum Gasteiger partial charge on any atom is -0.323 e. The van der Waals surface area contributed by atoms with Gasteiger partial charge in [0.2, 0.25) is 0 Å². The topological polar surface area (TPSA) is 94.3 Å². The number of anilines is 2. The van der Waals surface area contributed by atoms with Crippen molar-refractivity contribution in [3.05, 3.63) is 72.9 Å². The first-order chi connectivity index (χ1) is 16.1. The average molecular weight is 437 g/mol. The summed E-state index contributed by atoms with van der Waals surface area (Å²) in [5.41, 5.74) is 6.51. The number of rotatable bonds is 6. The molecule has 0 saturated carbocycles. The lowest BCUT2D eigenvalue weighted by atomic mass is 10.0. The summed E-state index contributed by atoms with van der Waals surface area (Å²) in [6.07, 6.45) is 9.28. The Kier molecular flexibility index (Phi) is 5.48. The average Bonchev–Trinajstić information content (AvgIpc) is 3.29. The van der Waals surface area contributed by atoms with E-state index in [9.17, 15) is 0 Å². The molecule has 0 aliphatic heterocycles. The Bertz CT molecular complexity index is 1410. The zero-order chi connectivity index (χ0) is 22.8. The number of pyridine rings is 3.